The number of benzene rings is 1. The summed E-state index contributed by atoms with van der Waals surface area (Å²) in [6, 6.07) is 3.80. The van der Waals surface area contributed by atoms with Crippen molar-refractivity contribution in [3.63, 3.8) is 0 Å². The molecule has 0 aliphatic rings. The second-order valence-corrected chi connectivity index (χ2v) is 7.28. The van der Waals surface area contributed by atoms with E-state index in [-0.39, 0.29) is 22.2 Å². The van der Waals surface area contributed by atoms with Gasteiger partial charge in [-0.2, -0.15) is 11.8 Å². The van der Waals surface area contributed by atoms with E-state index >= 15 is 0 Å². The highest BCUT2D eigenvalue weighted by Gasteiger charge is 2.21. The summed E-state index contributed by atoms with van der Waals surface area (Å²) in [5.74, 6) is 1.02. The van der Waals surface area contributed by atoms with Crippen molar-refractivity contribution in [1.82, 2.24) is 4.72 Å². The van der Waals surface area contributed by atoms with Crippen molar-refractivity contribution in [2.75, 3.05) is 30.9 Å². The van der Waals surface area contributed by atoms with E-state index in [0.717, 1.165) is 11.8 Å². The fraction of sp³-hybridized carbons (Fsp3) is 0.500. The van der Waals surface area contributed by atoms with Gasteiger partial charge in [0.1, 0.15) is 5.69 Å². The van der Waals surface area contributed by atoms with Crippen LogP contribution in [0.25, 0.3) is 0 Å². The van der Waals surface area contributed by atoms with Gasteiger partial charge in [0.05, 0.1) is 9.82 Å². The minimum atomic E-state index is -3.75. The van der Waals surface area contributed by atoms with E-state index in [1.807, 2.05) is 13.2 Å². The molecule has 1 aromatic rings. The highest BCUT2D eigenvalue weighted by atomic mass is 32.2. The second-order valence-electron chi connectivity index (χ2n) is 4.60. The topological polar surface area (TPSA) is 101 Å². The van der Waals surface area contributed by atoms with E-state index in [4.69, 9.17) is 0 Å². The molecule has 1 unspecified atom stereocenters. The van der Waals surface area contributed by atoms with Crippen LogP contribution in [0.15, 0.2) is 23.1 Å². The zero-order valence-corrected chi connectivity index (χ0v) is 13.8. The SMILES string of the molecule is CNc1ccc(S(=O)(=O)NCC(C)CSC)cc1[N+](=O)[O-]. The Kier molecular flexibility index (Phi) is 6.43. The normalized spacial score (nSPS) is 12.9. The van der Waals surface area contributed by atoms with Crippen LogP contribution in [0, 0.1) is 16.0 Å². The summed E-state index contributed by atoms with van der Waals surface area (Å²) in [7, 11) is -2.21. The van der Waals surface area contributed by atoms with Gasteiger partial charge in [-0.15, -0.1) is 0 Å². The molecule has 0 aliphatic heterocycles. The average molecular weight is 333 g/mol. The Balaban J connectivity index is 2.98. The zero-order chi connectivity index (χ0) is 16.0. The molecule has 2 N–H and O–H groups in total. The van der Waals surface area contributed by atoms with Crippen molar-refractivity contribution >= 4 is 33.2 Å². The van der Waals surface area contributed by atoms with Crippen molar-refractivity contribution in [3.05, 3.63) is 28.3 Å². The van der Waals surface area contributed by atoms with Crippen LogP contribution in [0.3, 0.4) is 0 Å². The van der Waals surface area contributed by atoms with Gasteiger partial charge < -0.3 is 5.32 Å². The number of nitro benzene ring substituents is 1. The Labute approximate surface area is 128 Å². The highest BCUT2D eigenvalue weighted by molar-refractivity contribution is 7.98. The second kappa shape index (κ2) is 7.62. The van der Waals surface area contributed by atoms with Gasteiger partial charge in [0.2, 0.25) is 10.0 Å². The molecule has 7 nitrogen and oxygen atoms in total. The number of nitrogens with one attached hydrogen (secondary N) is 2. The summed E-state index contributed by atoms with van der Waals surface area (Å²) in [6.45, 7) is 2.23. The fourth-order valence-corrected chi connectivity index (χ4v) is 3.59. The summed E-state index contributed by atoms with van der Waals surface area (Å²) >= 11 is 1.64. The third-order valence-electron chi connectivity index (χ3n) is 2.82. The summed E-state index contributed by atoms with van der Waals surface area (Å²) in [5, 5.41) is 13.6. The molecule has 0 aliphatic carbocycles. The maximum absolute atomic E-state index is 12.2. The third kappa shape index (κ3) is 4.87. The van der Waals surface area contributed by atoms with Crippen LogP contribution in [0.1, 0.15) is 6.92 Å². The quantitative estimate of drug-likeness (QED) is 0.557. The predicted octanol–water partition coefficient (Wildman–Crippen LogP) is 1.91. The molecule has 0 amide bonds. The molecule has 0 radical (unpaired) electrons. The number of nitrogens with zero attached hydrogens (tertiary/aromatic N) is 1. The van der Waals surface area contributed by atoms with Crippen LogP contribution < -0.4 is 10.0 Å². The van der Waals surface area contributed by atoms with E-state index in [1.54, 1.807) is 18.8 Å². The van der Waals surface area contributed by atoms with Crippen molar-refractivity contribution in [3.8, 4) is 0 Å². The van der Waals surface area contributed by atoms with Crippen LogP contribution in [-0.4, -0.2) is 38.9 Å². The number of rotatable bonds is 8. The lowest BCUT2D eigenvalue weighted by Gasteiger charge is -2.12. The maximum Gasteiger partial charge on any atom is 0.293 e. The van der Waals surface area contributed by atoms with Crippen LogP contribution in [0.4, 0.5) is 11.4 Å². The van der Waals surface area contributed by atoms with E-state index in [2.05, 4.69) is 10.0 Å². The molecule has 1 aromatic carbocycles. The van der Waals surface area contributed by atoms with Crippen molar-refractivity contribution < 1.29 is 13.3 Å². The number of anilines is 1. The van der Waals surface area contributed by atoms with Crippen LogP contribution in [0.5, 0.6) is 0 Å². The molecule has 0 heterocycles. The molecule has 21 heavy (non-hydrogen) atoms. The summed E-state index contributed by atoms with van der Waals surface area (Å²) in [5.41, 5.74) is 0.00670. The Bertz CT molecular complexity index is 605. The average Bonchev–Trinajstić information content (AvgIpc) is 2.44. The van der Waals surface area contributed by atoms with E-state index < -0.39 is 14.9 Å². The molecule has 0 aromatic heterocycles. The summed E-state index contributed by atoms with van der Waals surface area (Å²) in [6.07, 6.45) is 1.95. The molecule has 9 heteroatoms. The van der Waals surface area contributed by atoms with Crippen molar-refractivity contribution in [1.29, 1.82) is 0 Å². The Morgan fingerprint density at radius 3 is 2.62 bits per heavy atom. The van der Waals surface area contributed by atoms with Gasteiger partial charge in [-0.05, 0) is 30.1 Å². The van der Waals surface area contributed by atoms with Crippen molar-refractivity contribution in [2.24, 2.45) is 5.92 Å². The van der Waals surface area contributed by atoms with E-state index in [1.165, 1.54) is 12.1 Å². The molecule has 1 rings (SSSR count). The van der Waals surface area contributed by atoms with Gasteiger partial charge in [0.15, 0.2) is 0 Å². The van der Waals surface area contributed by atoms with Gasteiger partial charge in [-0.3, -0.25) is 10.1 Å². The monoisotopic (exact) mass is 333 g/mol. The Hall–Kier alpha value is -1.32. The molecular weight excluding hydrogens is 314 g/mol. The molecule has 0 bridgehead atoms. The first kappa shape index (κ1) is 17.7. The first-order valence-corrected chi connectivity index (χ1v) is 9.14. The van der Waals surface area contributed by atoms with E-state index in [0.29, 0.717) is 6.54 Å². The maximum atomic E-state index is 12.2. The summed E-state index contributed by atoms with van der Waals surface area (Å²) < 4.78 is 26.8. The molecule has 118 valence electrons. The van der Waals surface area contributed by atoms with Crippen LogP contribution in [0.2, 0.25) is 0 Å². The van der Waals surface area contributed by atoms with Gasteiger partial charge in [-0.25, -0.2) is 13.1 Å². The van der Waals surface area contributed by atoms with Gasteiger partial charge in [-0.1, -0.05) is 6.92 Å². The van der Waals surface area contributed by atoms with Gasteiger partial charge in [0, 0.05) is 19.7 Å². The lowest BCUT2D eigenvalue weighted by molar-refractivity contribution is -0.384. The van der Waals surface area contributed by atoms with Crippen molar-refractivity contribution in [2.45, 2.75) is 11.8 Å². The highest BCUT2D eigenvalue weighted by Crippen LogP contribution is 2.27. The van der Waals surface area contributed by atoms with E-state index in [9.17, 15) is 18.5 Å². The van der Waals surface area contributed by atoms with Gasteiger partial charge >= 0.3 is 0 Å². The smallest absolute Gasteiger partial charge is 0.293 e. The molecule has 0 spiro atoms. The zero-order valence-electron chi connectivity index (χ0n) is 12.1. The molecule has 1 atom stereocenters. The number of nitro groups is 1. The number of sulfonamides is 1. The minimum Gasteiger partial charge on any atom is -0.383 e. The number of thioether (sulfide) groups is 1. The summed E-state index contributed by atoms with van der Waals surface area (Å²) in [4.78, 5) is 10.2. The Morgan fingerprint density at radius 2 is 2.10 bits per heavy atom. The van der Waals surface area contributed by atoms with Crippen LogP contribution >= 0.6 is 11.8 Å². The third-order valence-corrected chi connectivity index (χ3v) is 5.14. The number of hydrogen-bond donors (Lipinski definition) is 2. The molecule has 0 saturated carbocycles. The lowest BCUT2D eigenvalue weighted by Crippen LogP contribution is -2.29. The first-order valence-electron chi connectivity index (χ1n) is 6.26. The van der Waals surface area contributed by atoms with Crippen LogP contribution in [-0.2, 0) is 10.0 Å². The minimum absolute atomic E-state index is 0.107. The Morgan fingerprint density at radius 1 is 1.43 bits per heavy atom. The largest absolute Gasteiger partial charge is 0.383 e. The predicted molar refractivity (Wildman–Crippen MR) is 85.4 cm³/mol. The number of hydrogen-bond acceptors (Lipinski definition) is 6. The molecular formula is C12H19N3O4S2. The molecule has 0 saturated heterocycles. The molecule has 0 fully saturated rings. The van der Waals surface area contributed by atoms with Gasteiger partial charge in [0.25, 0.3) is 5.69 Å². The lowest BCUT2D eigenvalue weighted by atomic mass is 10.2. The fourth-order valence-electron chi connectivity index (χ4n) is 1.72. The standard InChI is InChI=1S/C12H19N3O4S2/c1-9(8-20-3)7-14-21(18,19)10-4-5-11(13-2)12(6-10)15(16)17/h4-6,9,13-14H,7-8H2,1-3H3. The first-order chi connectivity index (χ1) is 9.81.